The Hall–Kier alpha value is -3.52. The van der Waals surface area contributed by atoms with E-state index in [9.17, 15) is 14.4 Å². The molecule has 1 N–H and O–H groups in total. The fourth-order valence-electron chi connectivity index (χ4n) is 4.81. The molecule has 4 rings (SSSR count). The Labute approximate surface area is 221 Å². The number of Topliss-reactive ketones (excluding diaryl/α,β-unsaturated/α-hetero) is 1. The van der Waals surface area contributed by atoms with Crippen molar-refractivity contribution in [3.8, 4) is 5.75 Å². The van der Waals surface area contributed by atoms with Crippen LogP contribution in [0, 0.1) is 13.8 Å². The minimum Gasteiger partial charge on any atom is -0.497 e. The van der Waals surface area contributed by atoms with E-state index in [-0.39, 0.29) is 23.6 Å². The molecule has 194 valence electrons. The van der Waals surface area contributed by atoms with Crippen molar-refractivity contribution in [3.05, 3.63) is 75.2 Å². The summed E-state index contributed by atoms with van der Waals surface area (Å²) in [7, 11) is 1.59. The van der Waals surface area contributed by atoms with Gasteiger partial charge >= 0.3 is 0 Å². The standard InChI is InChI=1S/C29H33N3O4S/c1-18-27(37-20(3)30-18)29(35)32(24-14-10-21(11-15-24)19(2)33)26(22-12-16-25(36-4)17-13-22)28(34)31-23-8-6-5-7-9-23/h10-17,23,26H,5-9H2,1-4H3,(H,31,34)/t26-/m0/s1. The van der Waals surface area contributed by atoms with Crippen molar-refractivity contribution in [1.82, 2.24) is 10.3 Å². The van der Waals surface area contributed by atoms with Crippen LogP contribution in [0.5, 0.6) is 5.75 Å². The molecule has 0 spiro atoms. The largest absolute Gasteiger partial charge is 0.497 e. The lowest BCUT2D eigenvalue weighted by Crippen LogP contribution is -2.47. The average Bonchev–Trinajstić information content (AvgIpc) is 3.25. The van der Waals surface area contributed by atoms with Crippen LogP contribution in [0.2, 0.25) is 0 Å². The van der Waals surface area contributed by atoms with Crippen molar-refractivity contribution in [2.24, 2.45) is 0 Å². The summed E-state index contributed by atoms with van der Waals surface area (Å²) in [5.41, 5.74) is 2.35. The highest BCUT2D eigenvalue weighted by atomic mass is 32.1. The lowest BCUT2D eigenvalue weighted by Gasteiger charge is -2.33. The molecule has 1 aliphatic carbocycles. The fourth-order valence-corrected chi connectivity index (χ4v) is 5.67. The molecule has 37 heavy (non-hydrogen) atoms. The number of benzene rings is 2. The van der Waals surface area contributed by atoms with Crippen molar-refractivity contribution < 1.29 is 19.1 Å². The van der Waals surface area contributed by atoms with Crippen LogP contribution in [-0.4, -0.2) is 35.7 Å². The van der Waals surface area contributed by atoms with Crippen molar-refractivity contribution in [2.45, 2.75) is 65.0 Å². The molecule has 1 saturated carbocycles. The van der Waals surface area contributed by atoms with Gasteiger partial charge in [0.05, 0.1) is 17.8 Å². The molecule has 1 aliphatic rings. The summed E-state index contributed by atoms with van der Waals surface area (Å²) in [6.07, 6.45) is 5.18. The summed E-state index contributed by atoms with van der Waals surface area (Å²) in [4.78, 5) is 46.5. The highest BCUT2D eigenvalue weighted by molar-refractivity contribution is 7.13. The molecule has 7 nitrogen and oxygen atoms in total. The second kappa shape index (κ2) is 11.7. The van der Waals surface area contributed by atoms with E-state index >= 15 is 0 Å². The number of carbonyl (C=O) groups is 3. The zero-order chi connectivity index (χ0) is 26.5. The van der Waals surface area contributed by atoms with Gasteiger partial charge in [-0.15, -0.1) is 11.3 Å². The van der Waals surface area contributed by atoms with Gasteiger partial charge in [-0.25, -0.2) is 4.98 Å². The number of thiazole rings is 1. The molecule has 0 unspecified atom stereocenters. The van der Waals surface area contributed by atoms with Crippen LogP contribution in [0.3, 0.4) is 0 Å². The fraction of sp³-hybridized carbons (Fsp3) is 0.379. The van der Waals surface area contributed by atoms with Crippen LogP contribution in [-0.2, 0) is 4.79 Å². The van der Waals surface area contributed by atoms with Crippen LogP contribution in [0.25, 0.3) is 0 Å². The number of hydrogen-bond donors (Lipinski definition) is 1. The van der Waals surface area contributed by atoms with Gasteiger partial charge in [-0.3, -0.25) is 19.3 Å². The average molecular weight is 520 g/mol. The van der Waals surface area contributed by atoms with E-state index in [1.807, 2.05) is 19.1 Å². The summed E-state index contributed by atoms with van der Waals surface area (Å²) >= 11 is 1.31. The normalized spacial score (nSPS) is 14.6. The third-order valence-corrected chi connectivity index (χ3v) is 7.82. The summed E-state index contributed by atoms with van der Waals surface area (Å²) in [6, 6.07) is 13.2. The number of ether oxygens (including phenoxy) is 1. The Morgan fingerprint density at radius 3 is 2.19 bits per heavy atom. The Balaban J connectivity index is 1.83. The highest BCUT2D eigenvalue weighted by Gasteiger charge is 2.36. The van der Waals surface area contributed by atoms with E-state index in [4.69, 9.17) is 4.74 Å². The van der Waals surface area contributed by atoms with Crippen LogP contribution >= 0.6 is 11.3 Å². The second-order valence-corrected chi connectivity index (χ2v) is 10.6. The molecular weight excluding hydrogens is 486 g/mol. The number of hydrogen-bond acceptors (Lipinski definition) is 6. The summed E-state index contributed by atoms with van der Waals surface area (Å²) in [5, 5.41) is 4.00. The van der Waals surface area contributed by atoms with E-state index < -0.39 is 6.04 Å². The number of ketones is 1. The molecule has 0 radical (unpaired) electrons. The Morgan fingerprint density at radius 2 is 1.65 bits per heavy atom. The molecule has 2 amide bonds. The van der Waals surface area contributed by atoms with Gasteiger partial charge in [-0.2, -0.15) is 0 Å². The third kappa shape index (κ3) is 6.07. The third-order valence-electron chi connectivity index (χ3n) is 6.76. The molecular formula is C29H33N3O4S. The first-order valence-electron chi connectivity index (χ1n) is 12.6. The SMILES string of the molecule is COc1ccc([C@@H](C(=O)NC2CCCCC2)N(C(=O)c2sc(C)nc2C)c2ccc(C(C)=O)cc2)cc1. The lowest BCUT2D eigenvalue weighted by atomic mass is 9.94. The van der Waals surface area contributed by atoms with Gasteiger partial charge < -0.3 is 10.1 Å². The van der Waals surface area contributed by atoms with Crippen LogP contribution < -0.4 is 15.0 Å². The number of methoxy groups -OCH3 is 1. The zero-order valence-electron chi connectivity index (χ0n) is 21.7. The van der Waals surface area contributed by atoms with Gasteiger partial charge in [0.1, 0.15) is 16.7 Å². The van der Waals surface area contributed by atoms with E-state index in [0.717, 1.165) is 30.7 Å². The summed E-state index contributed by atoms with van der Waals surface area (Å²) in [5.74, 6) is 0.0474. The van der Waals surface area contributed by atoms with E-state index in [2.05, 4.69) is 10.3 Å². The van der Waals surface area contributed by atoms with Crippen molar-refractivity contribution in [2.75, 3.05) is 12.0 Å². The minimum absolute atomic E-state index is 0.0694. The zero-order valence-corrected chi connectivity index (χ0v) is 22.6. The van der Waals surface area contributed by atoms with Crippen molar-refractivity contribution in [3.63, 3.8) is 0 Å². The molecule has 8 heteroatoms. The first-order chi connectivity index (χ1) is 17.8. The molecule has 1 fully saturated rings. The van der Waals surface area contributed by atoms with Gasteiger partial charge in [-0.1, -0.05) is 31.4 Å². The Morgan fingerprint density at radius 1 is 1.00 bits per heavy atom. The van der Waals surface area contributed by atoms with Crippen molar-refractivity contribution >= 4 is 34.6 Å². The first kappa shape index (κ1) is 26.5. The molecule has 3 aromatic rings. The van der Waals surface area contributed by atoms with Gasteiger partial charge in [0.15, 0.2) is 5.78 Å². The maximum atomic E-state index is 14.2. The van der Waals surface area contributed by atoms with Gasteiger partial charge in [0, 0.05) is 17.3 Å². The monoisotopic (exact) mass is 519 g/mol. The van der Waals surface area contributed by atoms with Crippen LogP contribution in [0.4, 0.5) is 5.69 Å². The van der Waals surface area contributed by atoms with Crippen molar-refractivity contribution in [1.29, 1.82) is 0 Å². The maximum absolute atomic E-state index is 14.2. The second-order valence-electron chi connectivity index (χ2n) is 9.44. The number of rotatable bonds is 8. The minimum atomic E-state index is -0.926. The number of aryl methyl sites for hydroxylation is 2. The lowest BCUT2D eigenvalue weighted by molar-refractivity contribution is -0.123. The molecule has 1 heterocycles. The predicted octanol–water partition coefficient (Wildman–Crippen LogP) is 5.81. The van der Waals surface area contributed by atoms with Crippen LogP contribution in [0.15, 0.2) is 48.5 Å². The molecule has 0 saturated heterocycles. The number of amides is 2. The number of nitrogens with one attached hydrogen (secondary N) is 1. The Kier molecular flexibility index (Phi) is 8.38. The number of aromatic nitrogens is 1. The van der Waals surface area contributed by atoms with Crippen LogP contribution in [0.1, 0.15) is 81.4 Å². The smallest absolute Gasteiger partial charge is 0.271 e. The Bertz CT molecular complexity index is 1260. The molecule has 1 atom stereocenters. The molecule has 2 aromatic carbocycles. The van der Waals surface area contributed by atoms with Gasteiger partial charge in [0.2, 0.25) is 5.91 Å². The summed E-state index contributed by atoms with van der Waals surface area (Å²) in [6.45, 7) is 5.16. The quantitative estimate of drug-likeness (QED) is 0.380. The summed E-state index contributed by atoms with van der Waals surface area (Å²) < 4.78 is 5.33. The number of nitrogens with zero attached hydrogens (tertiary/aromatic N) is 2. The van der Waals surface area contributed by atoms with E-state index in [1.165, 1.54) is 29.6 Å². The maximum Gasteiger partial charge on any atom is 0.271 e. The highest BCUT2D eigenvalue weighted by Crippen LogP contribution is 2.33. The number of carbonyl (C=O) groups excluding carboxylic acids is 3. The molecule has 0 aliphatic heterocycles. The number of anilines is 1. The van der Waals surface area contributed by atoms with Gasteiger partial charge in [0.25, 0.3) is 5.91 Å². The predicted molar refractivity (Wildman–Crippen MR) is 146 cm³/mol. The van der Waals surface area contributed by atoms with E-state index in [0.29, 0.717) is 33.1 Å². The molecule has 0 bridgehead atoms. The first-order valence-corrected chi connectivity index (χ1v) is 13.4. The van der Waals surface area contributed by atoms with E-state index in [1.54, 1.807) is 50.4 Å². The molecule has 1 aromatic heterocycles. The van der Waals surface area contributed by atoms with Gasteiger partial charge in [-0.05, 0) is 75.6 Å². The topological polar surface area (TPSA) is 88.6 Å².